The topological polar surface area (TPSA) is 56.7 Å². The third-order valence-corrected chi connectivity index (χ3v) is 4.44. The van der Waals surface area contributed by atoms with Crippen molar-refractivity contribution >= 4 is 16.7 Å². The lowest BCUT2D eigenvalue weighted by molar-refractivity contribution is -0.137. The molecular weight excluding hydrogens is 353 g/mol. The van der Waals surface area contributed by atoms with Crippen molar-refractivity contribution in [3.05, 3.63) is 71.9 Å². The number of hydrogen-bond donors (Lipinski definition) is 1. The van der Waals surface area contributed by atoms with Crippen molar-refractivity contribution in [3.8, 4) is 16.9 Å². The highest BCUT2D eigenvalue weighted by Crippen LogP contribution is 2.33. The van der Waals surface area contributed by atoms with E-state index in [0.717, 1.165) is 28.8 Å². The molecule has 0 atom stereocenters. The summed E-state index contributed by atoms with van der Waals surface area (Å²) in [5, 5.41) is 5.36. The van der Waals surface area contributed by atoms with Gasteiger partial charge in [-0.05, 0) is 48.9 Å². The zero-order valence-electron chi connectivity index (χ0n) is 14.3. The van der Waals surface area contributed by atoms with Crippen LogP contribution < -0.4 is 5.73 Å². The summed E-state index contributed by atoms with van der Waals surface area (Å²) in [4.78, 5) is 4.39. The molecule has 0 saturated heterocycles. The van der Waals surface area contributed by atoms with Gasteiger partial charge in [0.1, 0.15) is 5.69 Å². The molecule has 136 valence electrons. The van der Waals surface area contributed by atoms with Crippen LogP contribution in [0.3, 0.4) is 0 Å². The Morgan fingerprint density at radius 1 is 1.00 bits per heavy atom. The van der Waals surface area contributed by atoms with Crippen LogP contribution in [0.15, 0.2) is 60.8 Å². The molecule has 2 aromatic heterocycles. The third-order valence-electron chi connectivity index (χ3n) is 4.44. The molecule has 7 heteroatoms. The standard InChI is InChI=1S/C20H15F3N4/c1-12-4-9-15(11-17(12)24)27-19-16(3-2-10-25-19)18(26-27)13-5-7-14(8-6-13)20(21,22)23/h2-11H,24H2,1H3. The van der Waals surface area contributed by atoms with Gasteiger partial charge in [0.15, 0.2) is 5.65 Å². The SMILES string of the molecule is Cc1ccc(-n2nc(-c3ccc(C(F)(F)F)cc3)c3cccnc32)cc1N. The first-order chi connectivity index (χ1) is 12.8. The largest absolute Gasteiger partial charge is 0.416 e. The van der Waals surface area contributed by atoms with E-state index in [-0.39, 0.29) is 0 Å². The predicted molar refractivity (Wildman–Crippen MR) is 98.5 cm³/mol. The molecule has 0 amide bonds. The first-order valence-electron chi connectivity index (χ1n) is 8.22. The van der Waals surface area contributed by atoms with Gasteiger partial charge in [0.25, 0.3) is 0 Å². The summed E-state index contributed by atoms with van der Waals surface area (Å²) in [5.41, 5.74) is 9.38. The molecule has 27 heavy (non-hydrogen) atoms. The van der Waals surface area contributed by atoms with E-state index in [0.29, 0.717) is 22.6 Å². The summed E-state index contributed by atoms with van der Waals surface area (Å²) in [6, 6.07) is 14.1. The highest BCUT2D eigenvalue weighted by molar-refractivity contribution is 5.92. The van der Waals surface area contributed by atoms with Crippen LogP contribution in [0, 0.1) is 6.92 Å². The molecule has 4 aromatic rings. The molecule has 4 nitrogen and oxygen atoms in total. The number of aryl methyl sites for hydroxylation is 1. The number of aromatic nitrogens is 3. The van der Waals surface area contributed by atoms with Crippen molar-refractivity contribution in [2.75, 3.05) is 5.73 Å². The number of alkyl halides is 3. The molecule has 0 bridgehead atoms. The van der Waals surface area contributed by atoms with Gasteiger partial charge in [0, 0.05) is 22.8 Å². The number of halogens is 3. The van der Waals surface area contributed by atoms with Crippen LogP contribution in [0.4, 0.5) is 18.9 Å². The summed E-state index contributed by atoms with van der Waals surface area (Å²) < 4.78 is 40.1. The Balaban J connectivity index is 1.89. The number of hydrogen-bond acceptors (Lipinski definition) is 3. The summed E-state index contributed by atoms with van der Waals surface area (Å²) in [6.07, 6.45) is -2.73. The molecule has 0 aliphatic heterocycles. The van der Waals surface area contributed by atoms with E-state index in [9.17, 15) is 13.2 Å². The Labute approximate surface area is 153 Å². The van der Waals surface area contributed by atoms with Crippen molar-refractivity contribution < 1.29 is 13.2 Å². The van der Waals surface area contributed by atoms with Crippen LogP contribution >= 0.6 is 0 Å². The van der Waals surface area contributed by atoms with Crippen LogP contribution in [0.2, 0.25) is 0 Å². The number of nitrogens with zero attached hydrogens (tertiary/aromatic N) is 3. The van der Waals surface area contributed by atoms with Gasteiger partial charge in [0.2, 0.25) is 0 Å². The highest BCUT2D eigenvalue weighted by atomic mass is 19.4. The normalized spacial score (nSPS) is 11.9. The average Bonchev–Trinajstić information content (AvgIpc) is 3.03. The molecule has 0 aliphatic carbocycles. The van der Waals surface area contributed by atoms with E-state index in [1.807, 2.05) is 25.1 Å². The number of nitrogen functional groups attached to an aromatic ring is 1. The molecule has 0 radical (unpaired) electrons. The van der Waals surface area contributed by atoms with Crippen molar-refractivity contribution in [2.45, 2.75) is 13.1 Å². The number of benzene rings is 2. The lowest BCUT2D eigenvalue weighted by atomic mass is 10.1. The Morgan fingerprint density at radius 2 is 1.74 bits per heavy atom. The van der Waals surface area contributed by atoms with Gasteiger partial charge in [-0.25, -0.2) is 9.67 Å². The Kier molecular flexibility index (Phi) is 3.87. The van der Waals surface area contributed by atoms with E-state index < -0.39 is 11.7 Å². The monoisotopic (exact) mass is 368 g/mol. The number of anilines is 1. The third kappa shape index (κ3) is 3.01. The van der Waals surface area contributed by atoms with Gasteiger partial charge in [-0.1, -0.05) is 18.2 Å². The summed E-state index contributed by atoms with van der Waals surface area (Å²) in [6.45, 7) is 1.91. The van der Waals surface area contributed by atoms with Gasteiger partial charge >= 0.3 is 6.18 Å². The lowest BCUT2D eigenvalue weighted by Gasteiger charge is -2.07. The molecule has 2 aromatic carbocycles. The molecule has 2 heterocycles. The molecule has 0 aliphatic rings. The van der Waals surface area contributed by atoms with E-state index in [2.05, 4.69) is 10.1 Å². The minimum atomic E-state index is -4.37. The van der Waals surface area contributed by atoms with E-state index in [1.165, 1.54) is 12.1 Å². The number of rotatable bonds is 2. The number of nitrogens with two attached hydrogens (primary N) is 1. The van der Waals surface area contributed by atoms with E-state index >= 15 is 0 Å². The van der Waals surface area contributed by atoms with Crippen molar-refractivity contribution in [1.82, 2.24) is 14.8 Å². The van der Waals surface area contributed by atoms with Crippen LogP contribution in [0.5, 0.6) is 0 Å². The second kappa shape index (κ2) is 6.12. The Bertz CT molecular complexity index is 1130. The van der Waals surface area contributed by atoms with Crippen LogP contribution in [-0.4, -0.2) is 14.8 Å². The second-order valence-electron chi connectivity index (χ2n) is 6.25. The maximum atomic E-state index is 12.8. The molecular formula is C20H15F3N4. The van der Waals surface area contributed by atoms with Crippen molar-refractivity contribution in [1.29, 1.82) is 0 Å². The van der Waals surface area contributed by atoms with Gasteiger partial charge in [-0.15, -0.1) is 0 Å². The average molecular weight is 368 g/mol. The molecule has 0 spiro atoms. The molecule has 0 saturated carbocycles. The maximum absolute atomic E-state index is 12.8. The van der Waals surface area contributed by atoms with Gasteiger partial charge in [-0.3, -0.25) is 0 Å². The first kappa shape index (κ1) is 17.1. The number of pyridine rings is 1. The molecule has 4 rings (SSSR count). The van der Waals surface area contributed by atoms with Crippen LogP contribution in [-0.2, 0) is 6.18 Å². The second-order valence-corrected chi connectivity index (χ2v) is 6.25. The van der Waals surface area contributed by atoms with E-state index in [4.69, 9.17) is 5.73 Å². The van der Waals surface area contributed by atoms with Crippen LogP contribution in [0.25, 0.3) is 28.0 Å². The van der Waals surface area contributed by atoms with Gasteiger partial charge in [0.05, 0.1) is 11.3 Å². The first-order valence-corrected chi connectivity index (χ1v) is 8.22. The summed E-state index contributed by atoms with van der Waals surface area (Å²) >= 11 is 0. The Hall–Kier alpha value is -3.35. The minimum absolute atomic E-state index is 0.561. The molecule has 2 N–H and O–H groups in total. The smallest absolute Gasteiger partial charge is 0.398 e. The maximum Gasteiger partial charge on any atom is 0.416 e. The molecule has 0 fully saturated rings. The Morgan fingerprint density at radius 3 is 2.41 bits per heavy atom. The zero-order valence-corrected chi connectivity index (χ0v) is 14.3. The van der Waals surface area contributed by atoms with Crippen molar-refractivity contribution in [3.63, 3.8) is 0 Å². The van der Waals surface area contributed by atoms with Crippen LogP contribution in [0.1, 0.15) is 11.1 Å². The minimum Gasteiger partial charge on any atom is -0.398 e. The quantitative estimate of drug-likeness (QED) is 0.507. The fraction of sp³-hybridized carbons (Fsp3) is 0.100. The van der Waals surface area contributed by atoms with Crippen molar-refractivity contribution in [2.24, 2.45) is 0 Å². The fourth-order valence-corrected chi connectivity index (χ4v) is 2.92. The summed E-state index contributed by atoms with van der Waals surface area (Å²) in [7, 11) is 0. The predicted octanol–water partition coefficient (Wildman–Crippen LogP) is 5.00. The highest BCUT2D eigenvalue weighted by Gasteiger charge is 2.30. The van der Waals surface area contributed by atoms with E-state index in [1.54, 1.807) is 23.0 Å². The summed E-state index contributed by atoms with van der Waals surface area (Å²) in [5.74, 6) is 0. The van der Waals surface area contributed by atoms with Gasteiger partial charge in [-0.2, -0.15) is 18.3 Å². The van der Waals surface area contributed by atoms with Gasteiger partial charge < -0.3 is 5.73 Å². The molecule has 0 unspecified atom stereocenters. The fourth-order valence-electron chi connectivity index (χ4n) is 2.92. The lowest BCUT2D eigenvalue weighted by Crippen LogP contribution is -2.04. The zero-order chi connectivity index (χ0) is 19.2. The number of fused-ring (bicyclic) bond motifs is 1.